The second-order valence-corrected chi connectivity index (χ2v) is 3.66. The van der Waals surface area contributed by atoms with E-state index in [2.05, 4.69) is 5.10 Å². The molecule has 1 aromatic carbocycles. The average Bonchev–Trinajstić information content (AvgIpc) is 2.30. The zero-order chi connectivity index (χ0) is 13.3. The lowest BCUT2D eigenvalue weighted by Gasteiger charge is -2.10. The number of halogens is 2. The molecule has 0 saturated heterocycles. The van der Waals surface area contributed by atoms with Crippen molar-refractivity contribution in [3.63, 3.8) is 0 Å². The van der Waals surface area contributed by atoms with E-state index in [4.69, 9.17) is 0 Å². The second kappa shape index (κ2) is 4.48. The van der Waals surface area contributed by atoms with Gasteiger partial charge in [0.2, 0.25) is 5.43 Å². The van der Waals surface area contributed by atoms with Gasteiger partial charge in [-0.3, -0.25) is 9.59 Å². The molecule has 0 amide bonds. The van der Waals surface area contributed by atoms with Gasteiger partial charge in [0.25, 0.3) is 0 Å². The lowest BCUT2D eigenvalue weighted by molar-refractivity contribution is 0.111. The van der Waals surface area contributed by atoms with Crippen LogP contribution in [0.15, 0.2) is 29.1 Å². The number of carbonyl (C=O) groups is 1. The molecule has 92 valence electrons. The molecule has 1 aromatic heterocycles. The molecule has 0 saturated carbocycles. The van der Waals surface area contributed by atoms with Crippen LogP contribution in [0, 0.1) is 18.6 Å². The first-order chi connectivity index (χ1) is 8.52. The van der Waals surface area contributed by atoms with Crippen molar-refractivity contribution in [2.75, 3.05) is 0 Å². The fourth-order valence-electron chi connectivity index (χ4n) is 1.54. The molecule has 6 heteroatoms. The Morgan fingerprint density at radius 2 is 2.00 bits per heavy atom. The van der Waals surface area contributed by atoms with Gasteiger partial charge in [0.15, 0.2) is 17.8 Å². The Kier molecular flexibility index (Phi) is 3.01. The molecule has 1 heterocycles. The molecule has 0 spiro atoms. The van der Waals surface area contributed by atoms with E-state index in [1.807, 2.05) is 0 Å². The van der Waals surface area contributed by atoms with Crippen LogP contribution in [-0.2, 0) is 0 Å². The summed E-state index contributed by atoms with van der Waals surface area (Å²) in [5.74, 6) is -1.54. The molecule has 0 aliphatic rings. The van der Waals surface area contributed by atoms with E-state index in [1.54, 1.807) is 0 Å². The molecule has 0 bridgehead atoms. The smallest absolute Gasteiger partial charge is 0.211 e. The molecular formula is C12H8F2N2O2. The van der Waals surface area contributed by atoms with E-state index in [1.165, 1.54) is 19.1 Å². The van der Waals surface area contributed by atoms with Crippen LogP contribution in [0.3, 0.4) is 0 Å². The number of benzene rings is 1. The van der Waals surface area contributed by atoms with Gasteiger partial charge >= 0.3 is 0 Å². The zero-order valence-corrected chi connectivity index (χ0v) is 9.35. The third kappa shape index (κ3) is 2.04. The summed E-state index contributed by atoms with van der Waals surface area (Å²) in [5, 5.41) is 3.72. The summed E-state index contributed by atoms with van der Waals surface area (Å²) in [6.07, 6.45) is 0.291. The molecule has 0 atom stereocenters. The van der Waals surface area contributed by atoms with E-state index in [9.17, 15) is 18.4 Å². The summed E-state index contributed by atoms with van der Waals surface area (Å²) >= 11 is 0. The number of hydrogen-bond donors (Lipinski definition) is 0. The Labute approximate surface area is 100 Å². The molecule has 0 unspecified atom stereocenters. The van der Waals surface area contributed by atoms with Crippen molar-refractivity contribution in [1.29, 1.82) is 0 Å². The van der Waals surface area contributed by atoms with Crippen LogP contribution in [-0.4, -0.2) is 16.1 Å². The molecule has 2 aromatic rings. The fraction of sp³-hybridized carbons (Fsp3) is 0.0833. The zero-order valence-electron chi connectivity index (χ0n) is 9.35. The van der Waals surface area contributed by atoms with Crippen molar-refractivity contribution in [2.24, 2.45) is 0 Å². The van der Waals surface area contributed by atoms with Gasteiger partial charge in [-0.1, -0.05) is 0 Å². The van der Waals surface area contributed by atoms with Crippen molar-refractivity contribution in [2.45, 2.75) is 6.92 Å². The monoisotopic (exact) mass is 250 g/mol. The minimum atomic E-state index is -0.828. The van der Waals surface area contributed by atoms with Crippen molar-refractivity contribution in [3.8, 4) is 5.69 Å². The molecule has 0 radical (unpaired) electrons. The first-order valence-corrected chi connectivity index (χ1v) is 5.04. The Hall–Kier alpha value is -2.37. The van der Waals surface area contributed by atoms with E-state index < -0.39 is 17.1 Å². The van der Waals surface area contributed by atoms with E-state index in [-0.39, 0.29) is 11.4 Å². The van der Waals surface area contributed by atoms with Crippen LogP contribution < -0.4 is 5.43 Å². The van der Waals surface area contributed by atoms with Crippen LogP contribution >= 0.6 is 0 Å². The highest BCUT2D eigenvalue weighted by Crippen LogP contribution is 2.14. The molecule has 2 rings (SSSR count). The molecule has 4 nitrogen and oxygen atoms in total. The van der Waals surface area contributed by atoms with Crippen LogP contribution in [0.25, 0.3) is 5.69 Å². The first-order valence-electron chi connectivity index (χ1n) is 5.04. The summed E-state index contributed by atoms with van der Waals surface area (Å²) in [7, 11) is 0. The summed E-state index contributed by atoms with van der Waals surface area (Å²) in [4.78, 5) is 22.0. The summed E-state index contributed by atoms with van der Waals surface area (Å²) in [6.45, 7) is 1.53. The molecule has 0 aliphatic heterocycles. The molecule has 0 fully saturated rings. The van der Waals surface area contributed by atoms with Gasteiger partial charge in [-0.05, 0) is 19.1 Å². The number of aldehydes is 1. The van der Waals surface area contributed by atoms with Gasteiger partial charge < -0.3 is 0 Å². The predicted octanol–water partition coefficient (Wildman–Crippen LogP) is 1.63. The summed E-state index contributed by atoms with van der Waals surface area (Å²) in [5.41, 5.74) is -0.557. The Morgan fingerprint density at radius 3 is 2.61 bits per heavy atom. The molecule has 0 aliphatic carbocycles. The van der Waals surface area contributed by atoms with Gasteiger partial charge in [-0.25, -0.2) is 13.5 Å². The number of aryl methyl sites for hydroxylation is 1. The standard InChI is InChI=1S/C12H8F2N2O2/c1-7-4-12(18)10(6-17)15-16(7)11-3-2-8(13)5-9(11)14/h2-6H,1H3. The fourth-order valence-corrected chi connectivity index (χ4v) is 1.54. The van der Waals surface area contributed by atoms with E-state index in [0.717, 1.165) is 10.7 Å². The second-order valence-electron chi connectivity index (χ2n) is 3.66. The van der Waals surface area contributed by atoms with Gasteiger partial charge in [0.1, 0.15) is 11.5 Å². The molecule has 18 heavy (non-hydrogen) atoms. The van der Waals surface area contributed by atoms with Crippen molar-refractivity contribution in [1.82, 2.24) is 9.78 Å². The SMILES string of the molecule is Cc1cc(=O)c(C=O)nn1-c1ccc(F)cc1F. The van der Waals surface area contributed by atoms with Crippen molar-refractivity contribution < 1.29 is 13.6 Å². The van der Waals surface area contributed by atoms with Crippen LogP contribution in [0.2, 0.25) is 0 Å². The third-order valence-corrected chi connectivity index (χ3v) is 2.38. The topological polar surface area (TPSA) is 52.0 Å². The van der Waals surface area contributed by atoms with Gasteiger partial charge in [0, 0.05) is 17.8 Å². The lowest BCUT2D eigenvalue weighted by Crippen LogP contribution is -2.19. The summed E-state index contributed by atoms with van der Waals surface area (Å²) in [6, 6.07) is 4.12. The van der Waals surface area contributed by atoms with Gasteiger partial charge in [-0.2, -0.15) is 5.10 Å². The van der Waals surface area contributed by atoms with E-state index in [0.29, 0.717) is 18.0 Å². The van der Waals surface area contributed by atoms with Gasteiger partial charge in [0.05, 0.1) is 0 Å². The maximum absolute atomic E-state index is 13.6. The lowest BCUT2D eigenvalue weighted by atomic mass is 10.2. The number of rotatable bonds is 2. The Balaban J connectivity index is 2.70. The Morgan fingerprint density at radius 1 is 1.28 bits per heavy atom. The van der Waals surface area contributed by atoms with Gasteiger partial charge in [-0.15, -0.1) is 0 Å². The largest absolute Gasteiger partial charge is 0.296 e. The normalized spacial score (nSPS) is 10.4. The minimum Gasteiger partial charge on any atom is -0.296 e. The van der Waals surface area contributed by atoms with Crippen LogP contribution in [0.4, 0.5) is 8.78 Å². The molecule has 0 N–H and O–H groups in total. The quantitative estimate of drug-likeness (QED) is 0.761. The number of nitrogens with zero attached hydrogens (tertiary/aromatic N) is 2. The predicted molar refractivity (Wildman–Crippen MR) is 59.9 cm³/mol. The molecular weight excluding hydrogens is 242 g/mol. The van der Waals surface area contributed by atoms with E-state index >= 15 is 0 Å². The first kappa shape index (κ1) is 12.1. The third-order valence-electron chi connectivity index (χ3n) is 2.38. The number of hydrogen-bond acceptors (Lipinski definition) is 3. The van der Waals surface area contributed by atoms with Crippen molar-refractivity contribution >= 4 is 6.29 Å². The highest BCUT2D eigenvalue weighted by atomic mass is 19.1. The maximum Gasteiger partial charge on any atom is 0.211 e. The summed E-state index contributed by atoms with van der Waals surface area (Å²) < 4.78 is 27.5. The minimum absolute atomic E-state index is 0.0306. The maximum atomic E-state index is 13.6. The Bertz CT molecular complexity index is 680. The average molecular weight is 250 g/mol. The highest BCUT2D eigenvalue weighted by Gasteiger charge is 2.11. The van der Waals surface area contributed by atoms with Crippen LogP contribution in [0.1, 0.15) is 16.2 Å². The van der Waals surface area contributed by atoms with Crippen molar-refractivity contribution in [3.05, 3.63) is 57.5 Å². The highest BCUT2D eigenvalue weighted by molar-refractivity contribution is 5.71. The number of carbonyl (C=O) groups excluding carboxylic acids is 1. The van der Waals surface area contributed by atoms with Crippen LogP contribution in [0.5, 0.6) is 0 Å². The number of aromatic nitrogens is 2.